The first kappa shape index (κ1) is 15.4. The van der Waals surface area contributed by atoms with Crippen LogP contribution in [-0.4, -0.2) is 24.4 Å². The highest BCUT2D eigenvalue weighted by atomic mass is 127. The Morgan fingerprint density at radius 2 is 1.95 bits per heavy atom. The van der Waals surface area contributed by atoms with Gasteiger partial charge in [-0.1, -0.05) is 29.8 Å². The molecule has 3 nitrogen and oxygen atoms in total. The van der Waals surface area contributed by atoms with Gasteiger partial charge in [0.05, 0.1) is 0 Å². The van der Waals surface area contributed by atoms with E-state index < -0.39 is 6.10 Å². The summed E-state index contributed by atoms with van der Waals surface area (Å²) < 4.78 is 6.51. The van der Waals surface area contributed by atoms with E-state index in [0.29, 0.717) is 11.6 Å². The number of rotatable bonds is 6. The molecule has 1 atom stereocenters. The fourth-order valence-corrected chi connectivity index (χ4v) is 2.69. The summed E-state index contributed by atoms with van der Waals surface area (Å²) in [6.45, 7) is 0.672. The Bertz CT molecular complexity index is 551. The van der Waals surface area contributed by atoms with E-state index in [2.05, 4.69) is 27.9 Å². The van der Waals surface area contributed by atoms with E-state index >= 15 is 0 Å². The highest BCUT2D eigenvalue weighted by Gasteiger charge is 2.07. The van der Waals surface area contributed by atoms with Gasteiger partial charge in [-0.25, -0.2) is 0 Å². The van der Waals surface area contributed by atoms with E-state index in [1.165, 1.54) is 0 Å². The van der Waals surface area contributed by atoms with E-state index in [-0.39, 0.29) is 6.61 Å². The van der Waals surface area contributed by atoms with Gasteiger partial charge in [0.1, 0.15) is 18.5 Å². The van der Waals surface area contributed by atoms with Crippen LogP contribution in [-0.2, 0) is 0 Å². The van der Waals surface area contributed by atoms with Gasteiger partial charge in [0, 0.05) is 20.8 Å². The average Bonchev–Trinajstić information content (AvgIpc) is 2.45. The predicted molar refractivity (Wildman–Crippen MR) is 90.6 cm³/mol. The molecule has 0 amide bonds. The van der Waals surface area contributed by atoms with Crippen LogP contribution in [0.2, 0.25) is 5.02 Å². The van der Waals surface area contributed by atoms with Gasteiger partial charge < -0.3 is 15.2 Å². The van der Waals surface area contributed by atoms with Gasteiger partial charge in [0.25, 0.3) is 0 Å². The predicted octanol–water partition coefficient (Wildman–Crippen LogP) is 3.80. The lowest BCUT2D eigenvalue weighted by Crippen LogP contribution is -2.26. The van der Waals surface area contributed by atoms with Crippen molar-refractivity contribution in [2.24, 2.45) is 0 Å². The Morgan fingerprint density at radius 3 is 2.65 bits per heavy atom. The number of anilines is 1. The molecule has 0 aliphatic carbocycles. The van der Waals surface area contributed by atoms with Crippen LogP contribution in [0.5, 0.6) is 5.75 Å². The highest BCUT2D eigenvalue weighted by Crippen LogP contribution is 2.22. The molecule has 0 bridgehead atoms. The molecule has 0 aliphatic rings. The van der Waals surface area contributed by atoms with Gasteiger partial charge in [-0.3, -0.25) is 0 Å². The van der Waals surface area contributed by atoms with Crippen LogP contribution in [0.4, 0.5) is 5.69 Å². The number of para-hydroxylation sites is 1. The van der Waals surface area contributed by atoms with E-state index in [9.17, 15) is 5.11 Å². The summed E-state index contributed by atoms with van der Waals surface area (Å²) in [6.07, 6.45) is -0.582. The maximum Gasteiger partial charge on any atom is 0.119 e. The maximum absolute atomic E-state index is 9.90. The quantitative estimate of drug-likeness (QED) is 0.721. The standard InChI is InChI=1S/C15H15ClINO2/c16-11-6-7-15(14(17)8-11)18-9-12(19)10-20-13-4-2-1-3-5-13/h1-8,12,18-19H,9-10H2. The molecule has 0 aliphatic heterocycles. The van der Waals surface area contributed by atoms with E-state index in [0.717, 1.165) is 15.0 Å². The monoisotopic (exact) mass is 403 g/mol. The minimum absolute atomic E-state index is 0.251. The Labute approximate surface area is 137 Å². The average molecular weight is 404 g/mol. The summed E-state index contributed by atoms with van der Waals surface area (Å²) in [5.41, 5.74) is 0.953. The largest absolute Gasteiger partial charge is 0.491 e. The Balaban J connectivity index is 1.79. The van der Waals surface area contributed by atoms with Gasteiger partial charge in [-0.15, -0.1) is 0 Å². The molecule has 1 unspecified atom stereocenters. The van der Waals surface area contributed by atoms with Crippen molar-refractivity contribution in [1.82, 2.24) is 0 Å². The molecule has 0 saturated carbocycles. The third-order valence-corrected chi connectivity index (χ3v) is 3.77. The van der Waals surface area contributed by atoms with Crippen molar-refractivity contribution in [2.75, 3.05) is 18.5 Å². The Kier molecular flexibility index (Phi) is 5.94. The third kappa shape index (κ3) is 4.85. The second-order valence-electron chi connectivity index (χ2n) is 4.28. The van der Waals surface area contributed by atoms with Crippen LogP contribution in [0.3, 0.4) is 0 Å². The zero-order valence-corrected chi connectivity index (χ0v) is 13.6. The Hall–Kier alpha value is -0.980. The van der Waals surface area contributed by atoms with Crippen LogP contribution in [0.1, 0.15) is 0 Å². The number of ether oxygens (including phenoxy) is 1. The van der Waals surface area contributed by atoms with Crippen molar-refractivity contribution in [3.63, 3.8) is 0 Å². The van der Waals surface area contributed by atoms with Crippen LogP contribution < -0.4 is 10.1 Å². The first-order valence-electron chi connectivity index (χ1n) is 6.20. The van der Waals surface area contributed by atoms with Gasteiger partial charge in [-0.2, -0.15) is 0 Å². The molecular weight excluding hydrogens is 389 g/mol. The molecular formula is C15H15ClINO2. The second-order valence-corrected chi connectivity index (χ2v) is 5.88. The summed E-state index contributed by atoms with van der Waals surface area (Å²) in [4.78, 5) is 0. The van der Waals surface area contributed by atoms with Crippen molar-refractivity contribution in [3.8, 4) is 5.75 Å². The first-order valence-corrected chi connectivity index (χ1v) is 7.65. The van der Waals surface area contributed by atoms with Crippen LogP contribution in [0, 0.1) is 3.57 Å². The molecule has 20 heavy (non-hydrogen) atoms. The number of aliphatic hydroxyl groups excluding tert-OH is 1. The zero-order valence-electron chi connectivity index (χ0n) is 10.7. The fourth-order valence-electron chi connectivity index (χ4n) is 1.63. The number of aliphatic hydroxyl groups is 1. The third-order valence-electron chi connectivity index (χ3n) is 2.64. The van der Waals surface area contributed by atoms with Crippen molar-refractivity contribution >= 4 is 39.9 Å². The molecule has 2 aromatic carbocycles. The van der Waals surface area contributed by atoms with Crippen molar-refractivity contribution in [2.45, 2.75) is 6.10 Å². The summed E-state index contributed by atoms with van der Waals surface area (Å²) in [5.74, 6) is 0.757. The van der Waals surface area contributed by atoms with E-state index in [4.69, 9.17) is 16.3 Å². The smallest absolute Gasteiger partial charge is 0.119 e. The van der Waals surface area contributed by atoms with Crippen LogP contribution >= 0.6 is 34.2 Å². The number of benzene rings is 2. The number of halogens is 2. The van der Waals surface area contributed by atoms with Gasteiger partial charge >= 0.3 is 0 Å². The molecule has 0 aromatic heterocycles. The highest BCUT2D eigenvalue weighted by molar-refractivity contribution is 14.1. The molecule has 0 heterocycles. The number of hydrogen-bond donors (Lipinski definition) is 2. The lowest BCUT2D eigenvalue weighted by molar-refractivity contribution is 0.117. The van der Waals surface area contributed by atoms with Crippen molar-refractivity contribution in [1.29, 1.82) is 0 Å². The van der Waals surface area contributed by atoms with Gasteiger partial charge in [0.2, 0.25) is 0 Å². The normalized spacial score (nSPS) is 11.9. The van der Waals surface area contributed by atoms with Crippen LogP contribution in [0.15, 0.2) is 48.5 Å². The molecule has 0 fully saturated rings. The SMILES string of the molecule is OC(CNc1ccc(Cl)cc1I)COc1ccccc1. The molecule has 0 radical (unpaired) electrons. The lowest BCUT2D eigenvalue weighted by atomic mass is 10.3. The molecule has 0 spiro atoms. The summed E-state index contributed by atoms with van der Waals surface area (Å²) in [6, 6.07) is 15.0. The molecule has 2 N–H and O–H groups in total. The topological polar surface area (TPSA) is 41.5 Å². The lowest BCUT2D eigenvalue weighted by Gasteiger charge is -2.15. The van der Waals surface area contributed by atoms with Crippen molar-refractivity contribution in [3.05, 3.63) is 57.1 Å². The molecule has 5 heteroatoms. The fraction of sp³-hybridized carbons (Fsp3) is 0.200. The summed E-state index contributed by atoms with van der Waals surface area (Å²) >= 11 is 8.10. The minimum Gasteiger partial charge on any atom is -0.491 e. The summed E-state index contributed by atoms with van der Waals surface area (Å²) in [7, 11) is 0. The number of hydrogen-bond acceptors (Lipinski definition) is 3. The van der Waals surface area contributed by atoms with Gasteiger partial charge in [0.15, 0.2) is 0 Å². The Morgan fingerprint density at radius 1 is 1.20 bits per heavy atom. The van der Waals surface area contributed by atoms with Gasteiger partial charge in [-0.05, 0) is 52.9 Å². The van der Waals surface area contributed by atoms with E-state index in [1.807, 2.05) is 48.5 Å². The van der Waals surface area contributed by atoms with Crippen LogP contribution in [0.25, 0.3) is 0 Å². The zero-order chi connectivity index (χ0) is 14.4. The van der Waals surface area contributed by atoms with E-state index in [1.54, 1.807) is 0 Å². The summed E-state index contributed by atoms with van der Waals surface area (Å²) in [5, 5.41) is 13.8. The molecule has 106 valence electrons. The van der Waals surface area contributed by atoms with Crippen molar-refractivity contribution < 1.29 is 9.84 Å². The molecule has 0 saturated heterocycles. The number of nitrogens with one attached hydrogen (secondary N) is 1. The first-order chi connectivity index (χ1) is 9.65. The minimum atomic E-state index is -0.582. The maximum atomic E-state index is 9.90. The molecule has 2 aromatic rings. The second kappa shape index (κ2) is 7.71. The molecule has 2 rings (SSSR count).